The van der Waals surface area contributed by atoms with Gasteiger partial charge in [0.25, 0.3) is 0 Å². The summed E-state index contributed by atoms with van der Waals surface area (Å²) in [6, 6.07) is 29.5. The fraction of sp³-hybridized carbons (Fsp3) is 0.250. The van der Waals surface area contributed by atoms with Gasteiger partial charge in [0.1, 0.15) is 5.75 Å². The van der Waals surface area contributed by atoms with Crippen molar-refractivity contribution in [2.24, 2.45) is 0 Å². The molecule has 0 heterocycles. The van der Waals surface area contributed by atoms with E-state index in [9.17, 15) is 5.11 Å². The summed E-state index contributed by atoms with van der Waals surface area (Å²) in [5.41, 5.74) is 9.98. The van der Waals surface area contributed by atoms with Crippen molar-refractivity contribution in [2.75, 3.05) is 13.7 Å². The predicted octanol–water partition coefficient (Wildman–Crippen LogP) is 6.16. The molecular formula is C28H28O2. The Bertz CT molecular complexity index is 988. The van der Waals surface area contributed by atoms with Crippen LogP contribution in [-0.2, 0) is 5.41 Å². The number of benzene rings is 3. The van der Waals surface area contributed by atoms with E-state index in [1.54, 1.807) is 7.11 Å². The molecule has 1 unspecified atom stereocenters. The van der Waals surface area contributed by atoms with Crippen molar-refractivity contribution in [1.29, 1.82) is 0 Å². The fourth-order valence-corrected chi connectivity index (χ4v) is 4.20. The minimum absolute atomic E-state index is 0.0102. The van der Waals surface area contributed by atoms with Crippen LogP contribution < -0.4 is 4.74 Å². The zero-order valence-corrected chi connectivity index (χ0v) is 17.5. The highest BCUT2D eigenvalue weighted by Crippen LogP contribution is 2.57. The Kier molecular flexibility index (Phi) is 6.18. The summed E-state index contributed by atoms with van der Waals surface area (Å²) in [5.74, 6) is 0.875. The van der Waals surface area contributed by atoms with Gasteiger partial charge in [0.2, 0.25) is 0 Å². The maximum atomic E-state index is 9.29. The molecule has 4 rings (SSSR count). The number of ether oxygens (including phenoxy) is 1. The van der Waals surface area contributed by atoms with Gasteiger partial charge in [-0.15, -0.1) is 5.73 Å². The van der Waals surface area contributed by atoms with Gasteiger partial charge in [-0.1, -0.05) is 72.8 Å². The molecule has 152 valence electrons. The molecule has 1 fully saturated rings. The summed E-state index contributed by atoms with van der Waals surface area (Å²) in [7, 11) is 1.70. The lowest BCUT2D eigenvalue weighted by Gasteiger charge is -2.15. The first-order chi connectivity index (χ1) is 14.8. The molecule has 2 nitrogen and oxygen atoms in total. The van der Waals surface area contributed by atoms with Gasteiger partial charge < -0.3 is 9.84 Å². The first-order valence-corrected chi connectivity index (χ1v) is 10.6. The Morgan fingerprint density at radius 1 is 0.867 bits per heavy atom. The molecule has 1 aliphatic rings. The Hall–Kier alpha value is -3.06. The molecule has 1 aliphatic carbocycles. The molecule has 0 spiro atoms. The lowest BCUT2D eigenvalue weighted by molar-refractivity contribution is 0.281. The second-order valence-electron chi connectivity index (χ2n) is 7.88. The SMILES string of the molecule is COc1ccc(C2(CCCCO)CC2=C=C(c2ccccc2)c2ccccc2)cc1. The molecule has 1 saturated carbocycles. The Morgan fingerprint density at radius 2 is 1.47 bits per heavy atom. The van der Waals surface area contributed by atoms with Crippen LogP contribution in [0.15, 0.2) is 96.2 Å². The molecule has 2 heteroatoms. The van der Waals surface area contributed by atoms with Crippen LogP contribution in [0.2, 0.25) is 0 Å². The summed E-state index contributed by atoms with van der Waals surface area (Å²) >= 11 is 0. The summed E-state index contributed by atoms with van der Waals surface area (Å²) < 4.78 is 5.35. The summed E-state index contributed by atoms with van der Waals surface area (Å²) in [4.78, 5) is 0. The first-order valence-electron chi connectivity index (χ1n) is 10.6. The van der Waals surface area contributed by atoms with Crippen molar-refractivity contribution in [3.05, 3.63) is 113 Å². The summed E-state index contributed by atoms with van der Waals surface area (Å²) in [6.45, 7) is 0.243. The van der Waals surface area contributed by atoms with Gasteiger partial charge in [0.15, 0.2) is 0 Å². The highest BCUT2D eigenvalue weighted by molar-refractivity contribution is 5.80. The normalized spacial score (nSPS) is 17.3. The van der Waals surface area contributed by atoms with E-state index in [4.69, 9.17) is 4.74 Å². The topological polar surface area (TPSA) is 29.5 Å². The van der Waals surface area contributed by atoms with Crippen LogP contribution in [0.5, 0.6) is 5.75 Å². The van der Waals surface area contributed by atoms with Gasteiger partial charge in [0, 0.05) is 17.6 Å². The molecular weight excluding hydrogens is 368 g/mol. The molecule has 3 aromatic rings. The van der Waals surface area contributed by atoms with E-state index in [1.807, 2.05) is 24.3 Å². The zero-order chi connectivity index (χ0) is 20.8. The molecule has 0 saturated heterocycles. The van der Waals surface area contributed by atoms with E-state index < -0.39 is 0 Å². The van der Waals surface area contributed by atoms with Gasteiger partial charge in [-0.2, -0.15) is 0 Å². The molecule has 0 aromatic heterocycles. The fourth-order valence-electron chi connectivity index (χ4n) is 4.20. The van der Waals surface area contributed by atoms with Gasteiger partial charge in [-0.25, -0.2) is 0 Å². The Balaban J connectivity index is 1.80. The minimum atomic E-state index is 0.0102. The van der Waals surface area contributed by atoms with Crippen molar-refractivity contribution in [3.8, 4) is 5.75 Å². The van der Waals surface area contributed by atoms with Gasteiger partial charge in [-0.3, -0.25) is 0 Å². The van der Waals surface area contributed by atoms with Crippen molar-refractivity contribution >= 4 is 5.57 Å². The largest absolute Gasteiger partial charge is 0.497 e. The van der Waals surface area contributed by atoms with Gasteiger partial charge in [-0.05, 0) is 60.1 Å². The molecule has 0 amide bonds. The molecule has 1 N–H and O–H groups in total. The molecule has 0 radical (unpaired) electrons. The third-order valence-electron chi connectivity index (χ3n) is 5.99. The monoisotopic (exact) mass is 396 g/mol. The van der Waals surface area contributed by atoms with E-state index in [0.29, 0.717) is 0 Å². The second kappa shape index (κ2) is 9.17. The highest BCUT2D eigenvalue weighted by atomic mass is 16.5. The first kappa shape index (κ1) is 20.2. The quantitative estimate of drug-likeness (QED) is 0.365. The molecule has 3 aromatic carbocycles. The Labute approximate surface area is 179 Å². The molecule has 0 aliphatic heterocycles. The average Bonchev–Trinajstić information content (AvgIpc) is 3.52. The lowest BCUT2D eigenvalue weighted by Crippen LogP contribution is -2.07. The number of allylic oxidation sites excluding steroid dienone is 1. The number of aliphatic hydroxyl groups is 1. The number of methoxy groups -OCH3 is 1. The van der Waals surface area contributed by atoms with Crippen molar-refractivity contribution in [3.63, 3.8) is 0 Å². The maximum Gasteiger partial charge on any atom is 0.118 e. The van der Waals surface area contributed by atoms with E-state index >= 15 is 0 Å². The average molecular weight is 397 g/mol. The lowest BCUT2D eigenvalue weighted by atomic mass is 9.89. The third-order valence-corrected chi connectivity index (χ3v) is 5.99. The molecule has 30 heavy (non-hydrogen) atoms. The van der Waals surface area contributed by atoms with Gasteiger partial charge >= 0.3 is 0 Å². The van der Waals surface area contributed by atoms with Crippen LogP contribution in [0.3, 0.4) is 0 Å². The van der Waals surface area contributed by atoms with Crippen LogP contribution in [0.4, 0.5) is 0 Å². The number of aliphatic hydroxyl groups excluding tert-OH is 1. The van der Waals surface area contributed by atoms with Crippen LogP contribution in [0, 0.1) is 0 Å². The van der Waals surface area contributed by atoms with Crippen LogP contribution in [0.25, 0.3) is 5.57 Å². The number of hydrogen-bond acceptors (Lipinski definition) is 2. The summed E-state index contributed by atoms with van der Waals surface area (Å²) in [6.07, 6.45) is 3.87. The molecule has 1 atom stereocenters. The van der Waals surface area contributed by atoms with E-state index in [1.165, 1.54) is 22.3 Å². The second-order valence-corrected chi connectivity index (χ2v) is 7.88. The number of rotatable bonds is 8. The number of hydrogen-bond donors (Lipinski definition) is 1. The van der Waals surface area contributed by atoms with E-state index in [2.05, 4.69) is 66.4 Å². The van der Waals surface area contributed by atoms with E-state index in [0.717, 1.165) is 37.0 Å². The van der Waals surface area contributed by atoms with E-state index in [-0.39, 0.29) is 12.0 Å². The zero-order valence-electron chi connectivity index (χ0n) is 17.5. The Morgan fingerprint density at radius 3 is 2.00 bits per heavy atom. The third kappa shape index (κ3) is 4.26. The van der Waals surface area contributed by atoms with Gasteiger partial charge in [0.05, 0.1) is 7.11 Å². The predicted molar refractivity (Wildman–Crippen MR) is 123 cm³/mol. The van der Waals surface area contributed by atoms with Crippen LogP contribution in [0.1, 0.15) is 42.4 Å². The minimum Gasteiger partial charge on any atom is -0.497 e. The van der Waals surface area contributed by atoms with Crippen molar-refractivity contribution < 1.29 is 9.84 Å². The molecule has 0 bridgehead atoms. The van der Waals surface area contributed by atoms with Crippen LogP contribution in [-0.4, -0.2) is 18.8 Å². The number of unbranched alkanes of at least 4 members (excludes halogenated alkanes) is 1. The maximum absolute atomic E-state index is 9.29. The van der Waals surface area contributed by atoms with Crippen molar-refractivity contribution in [1.82, 2.24) is 0 Å². The van der Waals surface area contributed by atoms with Crippen molar-refractivity contribution in [2.45, 2.75) is 31.1 Å². The van der Waals surface area contributed by atoms with Crippen LogP contribution >= 0.6 is 0 Å². The summed E-state index contributed by atoms with van der Waals surface area (Å²) in [5, 5.41) is 9.29. The standard InChI is InChI=1S/C28H28O2/c1-30-26-16-14-24(15-17-26)28(18-8-9-19-29)21-25(28)20-27(22-10-4-2-5-11-22)23-12-6-3-7-13-23/h2-7,10-17,29H,8-9,18-19,21H2,1H3. The smallest absolute Gasteiger partial charge is 0.118 e. The highest BCUT2D eigenvalue weighted by Gasteiger charge is 2.49.